The smallest absolute Gasteiger partial charge is 0.453 e. The molecule has 2 aromatic heterocycles. The molecule has 29 heavy (non-hydrogen) atoms. The Hall–Kier alpha value is -2.46. The van der Waals surface area contributed by atoms with Gasteiger partial charge in [0.05, 0.1) is 6.21 Å². The maximum absolute atomic E-state index is 13.1. The Labute approximate surface area is 173 Å². The number of thioether (sulfide) groups is 1. The molecule has 0 fully saturated rings. The Kier molecular flexibility index (Phi) is 6.53. The molecular formula is C18H16ClF3N4O2S. The summed E-state index contributed by atoms with van der Waals surface area (Å²) in [7, 11) is 0. The molecule has 0 saturated carbocycles. The van der Waals surface area contributed by atoms with Gasteiger partial charge in [-0.05, 0) is 48.6 Å². The van der Waals surface area contributed by atoms with Crippen LogP contribution in [0.25, 0.3) is 0 Å². The van der Waals surface area contributed by atoms with Crippen LogP contribution in [-0.2, 0) is 12.8 Å². The molecule has 0 atom stereocenters. The lowest BCUT2D eigenvalue weighted by Crippen LogP contribution is -2.13. The highest BCUT2D eigenvalue weighted by Crippen LogP contribution is 2.30. The third kappa shape index (κ3) is 5.33. The van der Waals surface area contributed by atoms with E-state index in [1.165, 1.54) is 6.21 Å². The van der Waals surface area contributed by atoms with Crippen molar-refractivity contribution in [3.05, 3.63) is 58.3 Å². The van der Waals surface area contributed by atoms with E-state index >= 15 is 0 Å². The summed E-state index contributed by atoms with van der Waals surface area (Å²) in [5.74, 6) is 0.710. The Balaban J connectivity index is 1.72. The topological polar surface area (TPSA) is 65.4 Å². The molecule has 0 spiro atoms. The number of furan rings is 1. The number of hydrogen-bond acceptors (Lipinski definition) is 6. The van der Waals surface area contributed by atoms with E-state index in [-0.39, 0.29) is 17.5 Å². The summed E-state index contributed by atoms with van der Waals surface area (Å²) >= 11 is 7.08. The molecule has 1 aromatic carbocycles. The maximum Gasteiger partial charge on any atom is 0.453 e. The zero-order chi connectivity index (χ0) is 21.0. The first-order valence-electron chi connectivity index (χ1n) is 8.45. The quantitative estimate of drug-likeness (QED) is 0.359. The van der Waals surface area contributed by atoms with E-state index in [1.807, 2.05) is 6.92 Å². The van der Waals surface area contributed by atoms with Crippen LogP contribution < -0.4 is 4.74 Å². The number of alkyl halides is 3. The first-order valence-corrected chi connectivity index (χ1v) is 9.81. The van der Waals surface area contributed by atoms with Gasteiger partial charge in [-0.3, -0.25) is 0 Å². The average Bonchev–Trinajstić information content (AvgIpc) is 3.28. The van der Waals surface area contributed by atoms with Crippen LogP contribution in [0.5, 0.6) is 5.75 Å². The Morgan fingerprint density at radius 3 is 2.76 bits per heavy atom. The van der Waals surface area contributed by atoms with E-state index in [1.54, 1.807) is 37.3 Å². The average molecular weight is 445 g/mol. The fourth-order valence-electron chi connectivity index (χ4n) is 2.28. The van der Waals surface area contributed by atoms with Crippen molar-refractivity contribution in [2.24, 2.45) is 5.10 Å². The van der Waals surface area contributed by atoms with Gasteiger partial charge in [0.15, 0.2) is 0 Å². The van der Waals surface area contributed by atoms with E-state index < -0.39 is 12.0 Å². The highest BCUT2D eigenvalue weighted by molar-refractivity contribution is 7.99. The first kappa shape index (κ1) is 21.3. The van der Waals surface area contributed by atoms with Gasteiger partial charge in [0.1, 0.15) is 23.9 Å². The van der Waals surface area contributed by atoms with Gasteiger partial charge in [-0.25, -0.2) is 0 Å². The molecular weight excluding hydrogens is 429 g/mol. The highest BCUT2D eigenvalue weighted by Gasteiger charge is 2.38. The first-order chi connectivity index (χ1) is 13.8. The summed E-state index contributed by atoms with van der Waals surface area (Å²) in [5, 5.41) is 11.3. The van der Waals surface area contributed by atoms with Gasteiger partial charge in [0.2, 0.25) is 5.16 Å². The maximum atomic E-state index is 13.1. The summed E-state index contributed by atoms with van der Waals surface area (Å²) < 4.78 is 51.1. The van der Waals surface area contributed by atoms with Crippen LogP contribution in [0.3, 0.4) is 0 Å². The Morgan fingerprint density at radius 1 is 1.28 bits per heavy atom. The minimum absolute atomic E-state index is 0.0456. The summed E-state index contributed by atoms with van der Waals surface area (Å²) in [4.78, 5) is 0. The lowest BCUT2D eigenvalue weighted by Gasteiger charge is -2.06. The number of rotatable bonds is 7. The number of aromatic nitrogens is 3. The molecule has 0 aliphatic heterocycles. The molecule has 0 unspecified atom stereocenters. The van der Waals surface area contributed by atoms with Crippen molar-refractivity contribution in [1.29, 1.82) is 0 Å². The fourth-order valence-corrected chi connectivity index (χ4v) is 3.01. The summed E-state index contributed by atoms with van der Waals surface area (Å²) in [6, 6.07) is 8.50. The van der Waals surface area contributed by atoms with Crippen molar-refractivity contribution in [1.82, 2.24) is 14.9 Å². The van der Waals surface area contributed by atoms with Crippen molar-refractivity contribution >= 4 is 29.6 Å². The largest absolute Gasteiger partial charge is 0.486 e. The molecule has 0 N–H and O–H groups in total. The minimum atomic E-state index is -4.67. The Bertz CT molecular complexity index is 1020. The number of aryl methyl sites for hydroxylation is 1. The van der Waals surface area contributed by atoms with Gasteiger partial charge in [-0.2, -0.15) is 22.9 Å². The van der Waals surface area contributed by atoms with Gasteiger partial charge in [-0.15, -0.1) is 10.2 Å². The minimum Gasteiger partial charge on any atom is -0.486 e. The molecule has 0 radical (unpaired) electrons. The predicted octanol–water partition coefficient (Wildman–Crippen LogP) is 5.42. The van der Waals surface area contributed by atoms with E-state index in [0.717, 1.165) is 17.3 Å². The monoisotopic (exact) mass is 444 g/mol. The molecule has 0 aliphatic carbocycles. The lowest BCUT2D eigenvalue weighted by atomic mass is 10.2. The van der Waals surface area contributed by atoms with E-state index in [2.05, 4.69) is 15.3 Å². The number of nitrogens with zero attached hydrogens (tertiary/aromatic N) is 4. The fraction of sp³-hybridized carbons (Fsp3) is 0.278. The number of halogens is 4. The third-order valence-corrected chi connectivity index (χ3v) is 4.86. The standard InChI is InChI=1S/C18H16ClF3N4O2S/c1-3-29-17-25-24-16(18(20,21)22)26(17)23-9-13-4-5-14(28-13)10-27-12-6-7-15(19)11(2)8-12/h4-9H,3,10H2,1-2H3/b23-9+. The van der Waals surface area contributed by atoms with Crippen molar-refractivity contribution in [2.75, 3.05) is 5.75 Å². The summed E-state index contributed by atoms with van der Waals surface area (Å²) in [6.45, 7) is 3.80. The van der Waals surface area contributed by atoms with Crippen LogP contribution in [0.2, 0.25) is 5.02 Å². The highest BCUT2D eigenvalue weighted by atomic mass is 35.5. The van der Waals surface area contributed by atoms with Gasteiger partial charge in [-0.1, -0.05) is 30.3 Å². The van der Waals surface area contributed by atoms with E-state index in [9.17, 15) is 13.2 Å². The van der Waals surface area contributed by atoms with Gasteiger partial charge in [0, 0.05) is 5.02 Å². The second-order valence-corrected chi connectivity index (χ2v) is 7.44. The van der Waals surface area contributed by atoms with Gasteiger partial charge in [0.25, 0.3) is 5.82 Å². The molecule has 0 amide bonds. The van der Waals surface area contributed by atoms with Crippen LogP contribution in [0.15, 0.2) is 45.0 Å². The lowest BCUT2D eigenvalue weighted by molar-refractivity contribution is -0.147. The van der Waals surface area contributed by atoms with Crippen LogP contribution in [-0.4, -0.2) is 26.8 Å². The number of benzene rings is 1. The Morgan fingerprint density at radius 2 is 2.07 bits per heavy atom. The predicted molar refractivity (Wildman–Crippen MR) is 104 cm³/mol. The van der Waals surface area contributed by atoms with Crippen LogP contribution in [0.1, 0.15) is 29.8 Å². The molecule has 11 heteroatoms. The molecule has 154 valence electrons. The van der Waals surface area contributed by atoms with Crippen molar-refractivity contribution in [3.63, 3.8) is 0 Å². The summed E-state index contributed by atoms with van der Waals surface area (Å²) in [6.07, 6.45) is -3.50. The van der Waals surface area contributed by atoms with Crippen LogP contribution >= 0.6 is 23.4 Å². The third-order valence-electron chi connectivity index (χ3n) is 3.63. The second-order valence-electron chi connectivity index (χ2n) is 5.80. The van der Waals surface area contributed by atoms with Crippen LogP contribution in [0, 0.1) is 6.92 Å². The molecule has 0 bridgehead atoms. The van der Waals surface area contributed by atoms with E-state index in [0.29, 0.717) is 27.0 Å². The molecule has 6 nitrogen and oxygen atoms in total. The number of ether oxygens (including phenoxy) is 1. The van der Waals surface area contributed by atoms with Crippen molar-refractivity contribution in [3.8, 4) is 5.75 Å². The molecule has 3 rings (SSSR count). The molecule has 0 saturated heterocycles. The SMILES string of the molecule is CCSc1nnc(C(F)(F)F)n1/N=C/c1ccc(COc2ccc(Cl)c(C)c2)o1. The van der Waals surface area contributed by atoms with Gasteiger partial charge < -0.3 is 9.15 Å². The zero-order valence-corrected chi connectivity index (χ0v) is 17.0. The summed E-state index contributed by atoms with van der Waals surface area (Å²) in [5.41, 5.74) is 0.881. The molecule has 2 heterocycles. The molecule has 3 aromatic rings. The molecule has 0 aliphatic rings. The van der Waals surface area contributed by atoms with Crippen molar-refractivity contribution < 1.29 is 22.3 Å². The van der Waals surface area contributed by atoms with Crippen LogP contribution in [0.4, 0.5) is 13.2 Å². The number of hydrogen-bond donors (Lipinski definition) is 0. The van der Waals surface area contributed by atoms with Gasteiger partial charge >= 0.3 is 6.18 Å². The zero-order valence-electron chi connectivity index (χ0n) is 15.4. The van der Waals surface area contributed by atoms with Crippen molar-refractivity contribution in [2.45, 2.75) is 31.8 Å². The van der Waals surface area contributed by atoms with E-state index in [4.69, 9.17) is 20.8 Å². The second kappa shape index (κ2) is 8.91. The normalized spacial score (nSPS) is 12.1.